The Balaban J connectivity index is 1.84. The van der Waals surface area contributed by atoms with Gasteiger partial charge in [0.15, 0.2) is 0 Å². The third-order valence-electron chi connectivity index (χ3n) is 5.61. The van der Waals surface area contributed by atoms with E-state index in [4.69, 9.17) is 9.29 Å². The number of hydrogen-bond donors (Lipinski definition) is 1. The fraction of sp³-hybridized carbons (Fsp3) is 0.409. The van der Waals surface area contributed by atoms with Gasteiger partial charge in [-0.15, -0.1) is 0 Å². The van der Waals surface area contributed by atoms with Gasteiger partial charge in [-0.25, -0.2) is 0 Å². The van der Waals surface area contributed by atoms with Gasteiger partial charge in [-0.3, -0.25) is 9.56 Å². The summed E-state index contributed by atoms with van der Waals surface area (Å²) in [5.74, 6) is 0.523. The van der Waals surface area contributed by atoms with Crippen LogP contribution in [0.15, 0.2) is 53.6 Å². The summed E-state index contributed by atoms with van der Waals surface area (Å²) in [6.45, 7) is 4.83. The maximum Gasteiger partial charge on any atom is 0.264 e. The van der Waals surface area contributed by atoms with Crippen molar-refractivity contribution < 1.29 is 17.7 Å². The van der Waals surface area contributed by atoms with E-state index in [-0.39, 0.29) is 17.2 Å². The van der Waals surface area contributed by atoms with E-state index < -0.39 is 10.1 Å². The Morgan fingerprint density at radius 2 is 1.87 bits per heavy atom. The molecule has 0 spiro atoms. The SMILES string of the molecule is COc1ccc(N(C)N=CC2N(CCCS(=O)(=O)O)c3ccccc3C2(C)C)cc1. The number of benzene rings is 2. The second kappa shape index (κ2) is 8.65. The van der Waals surface area contributed by atoms with Crippen LogP contribution in [-0.4, -0.2) is 51.7 Å². The van der Waals surface area contributed by atoms with Gasteiger partial charge < -0.3 is 9.64 Å². The molecule has 162 valence electrons. The Labute approximate surface area is 178 Å². The van der Waals surface area contributed by atoms with Crippen molar-refractivity contribution in [2.45, 2.75) is 31.7 Å². The molecule has 0 radical (unpaired) electrons. The second-order valence-corrected chi connectivity index (χ2v) is 9.57. The first-order valence-corrected chi connectivity index (χ1v) is 11.5. The van der Waals surface area contributed by atoms with Gasteiger partial charge in [-0.05, 0) is 42.3 Å². The predicted octanol–water partition coefficient (Wildman–Crippen LogP) is 3.56. The minimum Gasteiger partial charge on any atom is -0.497 e. The summed E-state index contributed by atoms with van der Waals surface area (Å²) in [7, 11) is -0.468. The van der Waals surface area contributed by atoms with E-state index in [2.05, 4.69) is 29.9 Å². The lowest BCUT2D eigenvalue weighted by atomic mass is 9.81. The molecule has 1 N–H and O–H groups in total. The highest BCUT2D eigenvalue weighted by Crippen LogP contribution is 2.44. The highest BCUT2D eigenvalue weighted by atomic mass is 32.2. The van der Waals surface area contributed by atoms with E-state index in [0.29, 0.717) is 13.0 Å². The van der Waals surface area contributed by atoms with Crippen LogP contribution in [0.4, 0.5) is 11.4 Å². The maximum atomic E-state index is 11.2. The van der Waals surface area contributed by atoms with Crippen LogP contribution < -0.4 is 14.6 Å². The Hall–Kier alpha value is -2.58. The van der Waals surface area contributed by atoms with Crippen molar-refractivity contribution >= 4 is 27.7 Å². The van der Waals surface area contributed by atoms with E-state index in [9.17, 15) is 8.42 Å². The van der Waals surface area contributed by atoms with Gasteiger partial charge in [0.05, 0.1) is 24.6 Å². The molecule has 2 aromatic carbocycles. The third-order valence-corrected chi connectivity index (χ3v) is 6.42. The molecule has 0 fully saturated rings. The molecular weight excluding hydrogens is 402 g/mol. The maximum absolute atomic E-state index is 11.2. The van der Waals surface area contributed by atoms with Gasteiger partial charge in [-0.1, -0.05) is 32.0 Å². The summed E-state index contributed by atoms with van der Waals surface area (Å²) < 4.78 is 36.7. The Morgan fingerprint density at radius 3 is 2.50 bits per heavy atom. The molecule has 2 aromatic rings. The Bertz CT molecular complexity index is 1000. The zero-order valence-corrected chi connectivity index (χ0v) is 18.6. The van der Waals surface area contributed by atoms with E-state index >= 15 is 0 Å². The zero-order valence-electron chi connectivity index (χ0n) is 17.8. The molecule has 0 aliphatic carbocycles. The minimum atomic E-state index is -3.99. The average Bonchev–Trinajstić information content (AvgIpc) is 2.92. The van der Waals surface area contributed by atoms with E-state index in [1.807, 2.05) is 55.7 Å². The number of rotatable bonds is 8. The monoisotopic (exact) mass is 431 g/mol. The normalized spacial score (nSPS) is 17.9. The number of hydrogen-bond acceptors (Lipinski definition) is 6. The lowest BCUT2D eigenvalue weighted by Gasteiger charge is -2.32. The van der Waals surface area contributed by atoms with Crippen molar-refractivity contribution in [3.8, 4) is 5.75 Å². The van der Waals surface area contributed by atoms with Crippen molar-refractivity contribution in [1.29, 1.82) is 0 Å². The number of hydrazone groups is 1. The molecule has 3 rings (SSSR count). The molecule has 1 aliphatic heterocycles. The average molecular weight is 432 g/mol. The van der Waals surface area contributed by atoms with Crippen LogP contribution in [0.2, 0.25) is 0 Å². The van der Waals surface area contributed by atoms with Crippen LogP contribution in [-0.2, 0) is 15.5 Å². The third kappa shape index (κ3) is 4.76. The first-order valence-electron chi connectivity index (χ1n) is 9.86. The number of fused-ring (bicyclic) bond motifs is 1. The molecule has 1 heterocycles. The highest BCUT2D eigenvalue weighted by Gasteiger charge is 2.43. The van der Waals surface area contributed by atoms with Crippen LogP contribution >= 0.6 is 0 Å². The van der Waals surface area contributed by atoms with Crippen LogP contribution in [0.1, 0.15) is 25.8 Å². The van der Waals surface area contributed by atoms with Gasteiger partial charge in [0.1, 0.15) is 5.75 Å². The molecule has 0 amide bonds. The Kier molecular flexibility index (Phi) is 6.38. The number of nitrogens with zero attached hydrogens (tertiary/aromatic N) is 3. The molecule has 30 heavy (non-hydrogen) atoms. The summed E-state index contributed by atoms with van der Waals surface area (Å²) in [6, 6.07) is 15.7. The quantitative estimate of drug-likeness (QED) is 0.391. The van der Waals surface area contributed by atoms with Gasteiger partial charge in [0.25, 0.3) is 10.1 Å². The van der Waals surface area contributed by atoms with Crippen molar-refractivity contribution in [1.82, 2.24) is 0 Å². The van der Waals surface area contributed by atoms with Crippen LogP contribution in [0.25, 0.3) is 0 Å². The number of para-hydroxylation sites is 1. The number of ether oxygens (including phenoxy) is 1. The van der Waals surface area contributed by atoms with Gasteiger partial charge in [0.2, 0.25) is 0 Å². The number of methoxy groups -OCH3 is 1. The first kappa shape index (κ1) is 22.1. The second-order valence-electron chi connectivity index (χ2n) is 8.00. The molecule has 0 bridgehead atoms. The minimum absolute atomic E-state index is 0.0583. The molecule has 1 atom stereocenters. The largest absolute Gasteiger partial charge is 0.497 e. The fourth-order valence-corrected chi connectivity index (χ4v) is 4.43. The summed E-state index contributed by atoms with van der Waals surface area (Å²) >= 11 is 0. The molecule has 7 nitrogen and oxygen atoms in total. The van der Waals surface area contributed by atoms with Crippen LogP contribution in [0.3, 0.4) is 0 Å². The van der Waals surface area contributed by atoms with E-state index in [0.717, 1.165) is 17.1 Å². The summed E-state index contributed by atoms with van der Waals surface area (Å²) in [6.07, 6.45) is 2.25. The van der Waals surface area contributed by atoms with Crippen LogP contribution in [0, 0.1) is 0 Å². The first-order chi connectivity index (χ1) is 14.1. The molecule has 0 aromatic heterocycles. The lowest BCUT2D eigenvalue weighted by molar-refractivity contribution is 0.415. The van der Waals surface area contributed by atoms with Gasteiger partial charge in [-0.2, -0.15) is 13.5 Å². The fourth-order valence-electron chi connectivity index (χ4n) is 3.94. The molecule has 8 heteroatoms. The molecule has 1 aliphatic rings. The van der Waals surface area contributed by atoms with Crippen molar-refractivity contribution in [2.24, 2.45) is 5.10 Å². The standard InChI is InChI=1S/C22H29N3O4S/c1-22(2)19-8-5-6-9-20(19)25(14-7-15-30(26,27)28)21(22)16-23-24(3)17-10-12-18(29-4)13-11-17/h5-6,8-13,16,21H,7,14-15H2,1-4H3,(H,26,27,28). The van der Waals surface area contributed by atoms with Gasteiger partial charge >= 0.3 is 0 Å². The van der Waals surface area contributed by atoms with Crippen molar-refractivity contribution in [3.63, 3.8) is 0 Å². The van der Waals surface area contributed by atoms with Crippen LogP contribution in [0.5, 0.6) is 5.75 Å². The zero-order chi connectivity index (χ0) is 21.9. The summed E-state index contributed by atoms with van der Waals surface area (Å²) in [5.41, 5.74) is 2.99. The molecule has 0 saturated heterocycles. The lowest BCUT2D eigenvalue weighted by Crippen LogP contribution is -2.44. The summed E-state index contributed by atoms with van der Waals surface area (Å²) in [5, 5.41) is 6.48. The van der Waals surface area contributed by atoms with Crippen molar-refractivity contribution in [2.75, 3.05) is 36.4 Å². The van der Waals surface area contributed by atoms with E-state index in [1.54, 1.807) is 12.1 Å². The predicted molar refractivity (Wildman–Crippen MR) is 122 cm³/mol. The smallest absolute Gasteiger partial charge is 0.264 e. The van der Waals surface area contributed by atoms with E-state index in [1.165, 1.54) is 5.56 Å². The van der Waals surface area contributed by atoms with Gasteiger partial charge in [0, 0.05) is 30.9 Å². The molecule has 0 saturated carbocycles. The highest BCUT2D eigenvalue weighted by molar-refractivity contribution is 7.85. The molecular formula is C22H29N3O4S. The Morgan fingerprint density at radius 1 is 1.20 bits per heavy atom. The molecule has 1 unspecified atom stereocenters. The topological polar surface area (TPSA) is 82.4 Å². The van der Waals surface area contributed by atoms with Crippen molar-refractivity contribution in [3.05, 3.63) is 54.1 Å². The summed E-state index contributed by atoms with van der Waals surface area (Å²) in [4.78, 5) is 2.17. The number of anilines is 2.